The van der Waals surface area contributed by atoms with E-state index in [1.807, 2.05) is 12.1 Å². The lowest BCUT2D eigenvalue weighted by Crippen LogP contribution is -2.30. The van der Waals surface area contributed by atoms with E-state index in [0.29, 0.717) is 5.75 Å². The Balaban J connectivity index is 2.19. The van der Waals surface area contributed by atoms with Crippen LogP contribution in [-0.4, -0.2) is 11.1 Å². The molecule has 2 aliphatic carbocycles. The number of hydrogen-bond acceptors (Lipinski definition) is 2. The minimum absolute atomic E-state index is 0.244. The molecular weight excluding hydrogens is 162 g/mol. The van der Waals surface area contributed by atoms with Gasteiger partial charge in [-0.3, -0.25) is 0 Å². The lowest BCUT2D eigenvalue weighted by Gasteiger charge is -2.13. The molecule has 68 valence electrons. The molecule has 2 aliphatic rings. The normalized spacial score (nSPS) is 27.6. The maximum atomic E-state index is 9.40. The summed E-state index contributed by atoms with van der Waals surface area (Å²) >= 11 is 0. The van der Waals surface area contributed by atoms with Crippen molar-refractivity contribution in [1.82, 2.24) is 0 Å². The molecule has 0 saturated heterocycles. The van der Waals surface area contributed by atoms with Crippen molar-refractivity contribution in [2.75, 3.05) is 0 Å². The molecule has 0 heterocycles. The van der Waals surface area contributed by atoms with Gasteiger partial charge in [-0.2, -0.15) is 0 Å². The maximum absolute atomic E-state index is 9.40. The van der Waals surface area contributed by atoms with Crippen LogP contribution < -0.4 is 5.73 Å². The summed E-state index contributed by atoms with van der Waals surface area (Å²) in [5, 5.41) is 9.40. The van der Waals surface area contributed by atoms with E-state index in [-0.39, 0.29) is 11.5 Å². The van der Waals surface area contributed by atoms with Gasteiger partial charge in [0.2, 0.25) is 0 Å². The van der Waals surface area contributed by atoms with Crippen molar-refractivity contribution in [3.63, 3.8) is 0 Å². The zero-order chi connectivity index (χ0) is 9.05. The van der Waals surface area contributed by atoms with Gasteiger partial charge in [0.1, 0.15) is 5.75 Å². The van der Waals surface area contributed by atoms with Crippen molar-refractivity contribution >= 4 is 0 Å². The highest BCUT2D eigenvalue weighted by Crippen LogP contribution is 2.56. The predicted molar refractivity (Wildman–Crippen MR) is 50.7 cm³/mol. The summed E-state index contributed by atoms with van der Waals surface area (Å²) in [6.07, 6.45) is 3.38. The summed E-state index contributed by atoms with van der Waals surface area (Å²) in [7, 11) is 0. The first-order valence-electron chi connectivity index (χ1n) is 4.80. The lowest BCUT2D eigenvalue weighted by atomic mass is 9.95. The molecule has 2 nitrogen and oxygen atoms in total. The van der Waals surface area contributed by atoms with E-state index < -0.39 is 0 Å². The van der Waals surface area contributed by atoms with Gasteiger partial charge in [0.15, 0.2) is 0 Å². The number of rotatable bonds is 0. The topological polar surface area (TPSA) is 46.2 Å². The Bertz CT molecular complexity index is 368. The predicted octanol–water partition coefficient (Wildman–Crippen LogP) is 1.31. The van der Waals surface area contributed by atoms with E-state index in [2.05, 4.69) is 0 Å². The molecule has 0 aliphatic heterocycles. The van der Waals surface area contributed by atoms with Crippen LogP contribution in [0.3, 0.4) is 0 Å². The Morgan fingerprint density at radius 2 is 2.15 bits per heavy atom. The van der Waals surface area contributed by atoms with Gasteiger partial charge in [0, 0.05) is 11.5 Å². The van der Waals surface area contributed by atoms with Gasteiger partial charge < -0.3 is 10.8 Å². The maximum Gasteiger partial charge on any atom is 0.115 e. The third-order valence-corrected chi connectivity index (χ3v) is 3.57. The van der Waals surface area contributed by atoms with Gasteiger partial charge >= 0.3 is 0 Å². The lowest BCUT2D eigenvalue weighted by molar-refractivity contribution is 0.473. The van der Waals surface area contributed by atoms with Crippen LogP contribution in [0.15, 0.2) is 18.2 Å². The van der Waals surface area contributed by atoms with Crippen LogP contribution in [0.2, 0.25) is 0 Å². The molecule has 3 N–H and O–H groups in total. The van der Waals surface area contributed by atoms with Crippen LogP contribution in [0.4, 0.5) is 0 Å². The van der Waals surface area contributed by atoms with E-state index in [0.717, 1.165) is 6.42 Å². The summed E-state index contributed by atoms with van der Waals surface area (Å²) in [4.78, 5) is 0. The molecule has 1 unspecified atom stereocenters. The van der Waals surface area contributed by atoms with Crippen LogP contribution in [0.25, 0.3) is 0 Å². The molecule has 1 saturated carbocycles. The van der Waals surface area contributed by atoms with Gasteiger partial charge in [-0.25, -0.2) is 0 Å². The Kier molecular flexibility index (Phi) is 1.18. The zero-order valence-corrected chi connectivity index (χ0v) is 7.46. The largest absolute Gasteiger partial charge is 0.508 e. The molecule has 3 rings (SSSR count). The molecule has 1 spiro atoms. The van der Waals surface area contributed by atoms with Gasteiger partial charge in [0.25, 0.3) is 0 Å². The molecule has 1 aromatic rings. The number of fused-ring (bicyclic) bond motifs is 2. The fraction of sp³-hybridized carbons (Fsp3) is 0.455. The Morgan fingerprint density at radius 3 is 2.85 bits per heavy atom. The number of phenolic OH excluding ortho intramolecular Hbond substituents is 1. The fourth-order valence-corrected chi connectivity index (χ4v) is 2.61. The van der Waals surface area contributed by atoms with Crippen LogP contribution >= 0.6 is 0 Å². The van der Waals surface area contributed by atoms with Crippen molar-refractivity contribution in [1.29, 1.82) is 0 Å². The Morgan fingerprint density at radius 1 is 1.38 bits per heavy atom. The van der Waals surface area contributed by atoms with Crippen molar-refractivity contribution in [3.05, 3.63) is 29.3 Å². The second kappa shape index (κ2) is 2.07. The van der Waals surface area contributed by atoms with Gasteiger partial charge in [-0.15, -0.1) is 0 Å². The number of hydrogen-bond donors (Lipinski definition) is 2. The molecule has 2 heteroatoms. The first-order chi connectivity index (χ1) is 6.22. The molecule has 1 fully saturated rings. The average Bonchev–Trinajstić information content (AvgIpc) is 2.83. The van der Waals surface area contributed by atoms with E-state index in [9.17, 15) is 5.11 Å². The monoisotopic (exact) mass is 175 g/mol. The smallest absolute Gasteiger partial charge is 0.115 e. The molecule has 0 aromatic heterocycles. The average molecular weight is 175 g/mol. The van der Waals surface area contributed by atoms with Gasteiger partial charge in [0.05, 0.1) is 0 Å². The van der Waals surface area contributed by atoms with E-state index >= 15 is 0 Å². The number of aromatic hydroxyl groups is 1. The quantitative estimate of drug-likeness (QED) is 0.624. The minimum atomic E-state index is 0.244. The first kappa shape index (κ1) is 7.39. The second-order valence-corrected chi connectivity index (χ2v) is 4.31. The molecule has 1 aromatic carbocycles. The van der Waals surface area contributed by atoms with Crippen molar-refractivity contribution in [2.24, 2.45) is 5.73 Å². The second-order valence-electron chi connectivity index (χ2n) is 4.31. The number of benzene rings is 1. The van der Waals surface area contributed by atoms with E-state index in [1.165, 1.54) is 24.0 Å². The fourth-order valence-electron chi connectivity index (χ4n) is 2.61. The molecule has 1 atom stereocenters. The minimum Gasteiger partial charge on any atom is -0.508 e. The Labute approximate surface area is 77.4 Å². The highest BCUT2D eigenvalue weighted by Gasteiger charge is 2.53. The standard InChI is InChI=1S/C11H13NO/c12-10-5-7-1-2-8(13)6-9(7)11(10)3-4-11/h1-2,6,10,13H,3-5,12H2. The highest BCUT2D eigenvalue weighted by molar-refractivity contribution is 5.49. The van der Waals surface area contributed by atoms with Gasteiger partial charge in [-0.05, 0) is 42.5 Å². The van der Waals surface area contributed by atoms with Gasteiger partial charge in [-0.1, -0.05) is 6.07 Å². The van der Waals surface area contributed by atoms with Crippen LogP contribution in [0.1, 0.15) is 24.0 Å². The summed E-state index contributed by atoms with van der Waals surface area (Å²) in [5.74, 6) is 0.374. The zero-order valence-electron chi connectivity index (χ0n) is 7.46. The van der Waals surface area contributed by atoms with Crippen LogP contribution in [0.5, 0.6) is 5.75 Å². The molecule has 0 amide bonds. The van der Waals surface area contributed by atoms with Crippen molar-refractivity contribution in [3.8, 4) is 5.75 Å². The Hall–Kier alpha value is -1.02. The SMILES string of the molecule is NC1Cc2ccc(O)cc2C12CC2. The molecule has 13 heavy (non-hydrogen) atoms. The molecule has 0 bridgehead atoms. The number of nitrogens with two attached hydrogens (primary N) is 1. The third-order valence-electron chi connectivity index (χ3n) is 3.57. The van der Waals surface area contributed by atoms with Crippen LogP contribution in [0, 0.1) is 0 Å². The van der Waals surface area contributed by atoms with E-state index in [1.54, 1.807) is 6.07 Å². The highest BCUT2D eigenvalue weighted by atomic mass is 16.3. The number of phenols is 1. The van der Waals surface area contributed by atoms with E-state index in [4.69, 9.17) is 5.73 Å². The third kappa shape index (κ3) is 0.814. The first-order valence-corrected chi connectivity index (χ1v) is 4.80. The summed E-state index contributed by atoms with van der Waals surface area (Å²) in [6, 6.07) is 5.95. The summed E-state index contributed by atoms with van der Waals surface area (Å²) in [5.41, 5.74) is 8.98. The molecule has 0 radical (unpaired) electrons. The van der Waals surface area contributed by atoms with Crippen LogP contribution in [-0.2, 0) is 11.8 Å². The molecular formula is C11H13NO. The summed E-state index contributed by atoms with van der Waals surface area (Å²) < 4.78 is 0. The van der Waals surface area contributed by atoms with Crippen molar-refractivity contribution in [2.45, 2.75) is 30.7 Å². The van der Waals surface area contributed by atoms with Crippen molar-refractivity contribution < 1.29 is 5.11 Å². The summed E-state index contributed by atoms with van der Waals surface area (Å²) in [6.45, 7) is 0.